The largest absolute Gasteiger partial charge is 0.493 e. The van der Waals surface area contributed by atoms with Crippen molar-refractivity contribution in [2.24, 2.45) is 10.8 Å². The average Bonchev–Trinajstić information content (AvgIpc) is 2.73. The number of rotatable bonds is 9. The summed E-state index contributed by atoms with van der Waals surface area (Å²) >= 11 is 6.76. The van der Waals surface area contributed by atoms with E-state index in [-0.39, 0.29) is 17.6 Å². The molecule has 0 aliphatic carbocycles. The fourth-order valence-electron chi connectivity index (χ4n) is 2.36. The minimum absolute atomic E-state index is 0.0550. The number of carbonyl (C=O) groups excluding carboxylic acids is 2. The highest BCUT2D eigenvalue weighted by Gasteiger charge is 2.14. The minimum atomic E-state index is -0.416. The van der Waals surface area contributed by atoms with Crippen LogP contribution in [0.5, 0.6) is 11.5 Å². The normalized spacial score (nSPS) is 10.4. The molecule has 0 unspecified atom stereocenters. The van der Waals surface area contributed by atoms with Gasteiger partial charge in [0.05, 0.1) is 29.1 Å². The lowest BCUT2D eigenvalue weighted by Gasteiger charge is -2.13. The lowest BCUT2D eigenvalue weighted by Crippen LogP contribution is -2.24. The van der Waals surface area contributed by atoms with Gasteiger partial charge in [-0.25, -0.2) is 4.79 Å². The van der Waals surface area contributed by atoms with Crippen LogP contribution in [0.3, 0.4) is 0 Å². The van der Waals surface area contributed by atoms with E-state index in [4.69, 9.17) is 19.9 Å². The number of nitrogens with zero attached hydrogens (tertiary/aromatic N) is 1. The van der Waals surface area contributed by atoms with E-state index in [1.165, 1.54) is 13.3 Å². The van der Waals surface area contributed by atoms with Gasteiger partial charge < -0.3 is 25.3 Å². The molecule has 0 aromatic heterocycles. The molecule has 31 heavy (non-hydrogen) atoms. The molecule has 0 heterocycles. The molecule has 2 aromatic rings. The van der Waals surface area contributed by atoms with Crippen LogP contribution in [0.4, 0.5) is 5.69 Å². The molecule has 1 amide bonds. The first-order valence-corrected chi connectivity index (χ1v) is 10.5. The summed E-state index contributed by atoms with van der Waals surface area (Å²) in [7, 11) is 1.50. The molecule has 11 heteroatoms. The highest BCUT2D eigenvalue weighted by molar-refractivity contribution is 14.1. The number of hydrogen-bond donors (Lipinski definition) is 3. The van der Waals surface area contributed by atoms with E-state index < -0.39 is 5.97 Å². The van der Waals surface area contributed by atoms with Crippen molar-refractivity contribution in [2.75, 3.05) is 25.6 Å². The van der Waals surface area contributed by atoms with E-state index in [1.807, 2.05) is 0 Å². The Morgan fingerprint density at radius 3 is 2.58 bits per heavy atom. The van der Waals surface area contributed by atoms with Crippen LogP contribution in [0.25, 0.3) is 0 Å². The Balaban J connectivity index is 2.00. The van der Waals surface area contributed by atoms with Crippen LogP contribution in [-0.2, 0) is 9.53 Å². The molecule has 0 bridgehead atoms. The van der Waals surface area contributed by atoms with E-state index in [2.05, 4.69) is 50.7 Å². The SMILES string of the molecule is CCOC(=O)c1ccc(NC(=O)COc2c(I)cc(C=NNC(N)=S)cc2OC)cc1. The third-order valence-corrected chi connectivity index (χ3v) is 4.56. The van der Waals surface area contributed by atoms with Crippen molar-refractivity contribution in [2.45, 2.75) is 6.92 Å². The number of halogens is 1. The maximum absolute atomic E-state index is 12.3. The predicted molar refractivity (Wildman–Crippen MR) is 130 cm³/mol. The van der Waals surface area contributed by atoms with E-state index >= 15 is 0 Å². The van der Waals surface area contributed by atoms with Crippen molar-refractivity contribution in [3.63, 3.8) is 0 Å². The number of benzene rings is 2. The molecule has 2 rings (SSSR count). The van der Waals surface area contributed by atoms with Crippen LogP contribution in [0.2, 0.25) is 0 Å². The van der Waals surface area contributed by atoms with Gasteiger partial charge in [-0.3, -0.25) is 10.2 Å². The number of nitrogens with two attached hydrogens (primary N) is 1. The quantitative estimate of drug-likeness (QED) is 0.142. The van der Waals surface area contributed by atoms with E-state index in [9.17, 15) is 9.59 Å². The molecule has 164 valence electrons. The summed E-state index contributed by atoms with van der Waals surface area (Å²) in [5, 5.41) is 6.66. The molecular formula is C20H21IN4O5S. The molecule has 4 N–H and O–H groups in total. The molecule has 0 aliphatic heterocycles. The van der Waals surface area contributed by atoms with Crippen molar-refractivity contribution < 1.29 is 23.8 Å². The molecular weight excluding hydrogens is 535 g/mol. The van der Waals surface area contributed by atoms with E-state index in [1.54, 1.807) is 43.3 Å². The zero-order valence-corrected chi connectivity index (χ0v) is 19.8. The van der Waals surface area contributed by atoms with Gasteiger partial charge in [-0.1, -0.05) is 0 Å². The predicted octanol–water partition coefficient (Wildman–Crippen LogP) is 2.66. The number of thiocarbonyl (C=S) groups is 1. The summed E-state index contributed by atoms with van der Waals surface area (Å²) in [6.45, 7) is 1.80. The van der Waals surface area contributed by atoms with Crippen molar-refractivity contribution in [3.05, 3.63) is 51.1 Å². The molecule has 0 atom stereocenters. The molecule has 0 saturated heterocycles. The number of hydrazone groups is 1. The van der Waals surface area contributed by atoms with Gasteiger partial charge in [-0.05, 0) is 83.7 Å². The number of methoxy groups -OCH3 is 1. The van der Waals surface area contributed by atoms with Gasteiger partial charge in [-0.15, -0.1) is 0 Å². The highest BCUT2D eigenvalue weighted by Crippen LogP contribution is 2.33. The number of hydrogen-bond acceptors (Lipinski definition) is 7. The van der Waals surface area contributed by atoms with Gasteiger partial charge in [0.25, 0.3) is 5.91 Å². The van der Waals surface area contributed by atoms with Crippen molar-refractivity contribution >= 4 is 63.7 Å². The van der Waals surface area contributed by atoms with Crippen molar-refractivity contribution in [3.8, 4) is 11.5 Å². The van der Waals surface area contributed by atoms with Crippen molar-refractivity contribution in [1.82, 2.24) is 5.43 Å². The number of nitrogens with one attached hydrogen (secondary N) is 2. The topological polar surface area (TPSA) is 124 Å². The van der Waals surface area contributed by atoms with Gasteiger partial charge in [-0.2, -0.15) is 5.10 Å². The fraction of sp³-hybridized carbons (Fsp3) is 0.200. The Labute approximate surface area is 198 Å². The number of anilines is 1. The Morgan fingerprint density at radius 2 is 1.97 bits per heavy atom. The molecule has 0 fully saturated rings. The standard InChI is InChI=1S/C20H21IN4O5S/c1-3-29-19(27)13-4-6-14(7-5-13)24-17(26)11-30-18-15(21)8-12(9-16(18)28-2)10-23-25-20(22)31/h4-10H,3,11H2,1-2H3,(H,24,26)(H3,22,25,31). The molecule has 2 aromatic carbocycles. The summed E-state index contributed by atoms with van der Waals surface area (Å²) in [5.41, 5.74) is 9.45. The van der Waals surface area contributed by atoms with Gasteiger partial charge in [0.2, 0.25) is 0 Å². The summed E-state index contributed by atoms with van der Waals surface area (Å²) in [5.74, 6) is 0.0825. The smallest absolute Gasteiger partial charge is 0.338 e. The summed E-state index contributed by atoms with van der Waals surface area (Å²) in [6.07, 6.45) is 1.53. The van der Waals surface area contributed by atoms with E-state index in [0.717, 1.165) is 9.13 Å². The molecule has 0 spiro atoms. The average molecular weight is 556 g/mol. The summed E-state index contributed by atoms with van der Waals surface area (Å²) < 4.78 is 16.7. The maximum Gasteiger partial charge on any atom is 0.338 e. The monoisotopic (exact) mass is 556 g/mol. The van der Waals surface area contributed by atoms with Crippen LogP contribution in [-0.4, -0.2) is 43.5 Å². The minimum Gasteiger partial charge on any atom is -0.493 e. The second-order valence-corrected chi connectivity index (χ2v) is 7.51. The van der Waals surface area contributed by atoms with Crippen LogP contribution in [0.15, 0.2) is 41.5 Å². The van der Waals surface area contributed by atoms with E-state index in [0.29, 0.717) is 29.4 Å². The third-order valence-electron chi connectivity index (χ3n) is 3.67. The first kappa shape index (κ1) is 24.3. The van der Waals surface area contributed by atoms with Crippen LogP contribution in [0.1, 0.15) is 22.8 Å². The molecule has 0 aliphatic rings. The Bertz CT molecular complexity index is 982. The second-order valence-electron chi connectivity index (χ2n) is 5.90. The first-order chi connectivity index (χ1) is 14.8. The Morgan fingerprint density at radius 1 is 1.26 bits per heavy atom. The lowest BCUT2D eigenvalue weighted by molar-refractivity contribution is -0.118. The Hall–Kier alpha value is -2.93. The third kappa shape index (κ3) is 7.68. The zero-order chi connectivity index (χ0) is 22.8. The fourth-order valence-corrected chi connectivity index (χ4v) is 3.20. The van der Waals surface area contributed by atoms with Gasteiger partial charge in [0, 0.05) is 5.69 Å². The second kappa shape index (κ2) is 12.1. The molecule has 9 nitrogen and oxygen atoms in total. The summed E-state index contributed by atoms with van der Waals surface area (Å²) in [6, 6.07) is 9.89. The van der Waals surface area contributed by atoms with Gasteiger partial charge >= 0.3 is 5.97 Å². The number of carbonyl (C=O) groups is 2. The maximum atomic E-state index is 12.3. The Kier molecular flexibility index (Phi) is 9.46. The first-order valence-electron chi connectivity index (χ1n) is 9.00. The lowest BCUT2D eigenvalue weighted by atomic mass is 10.2. The molecule has 0 radical (unpaired) electrons. The molecule has 0 saturated carbocycles. The van der Waals surface area contributed by atoms with Gasteiger partial charge in [0.15, 0.2) is 23.2 Å². The van der Waals surface area contributed by atoms with Crippen LogP contribution < -0.4 is 25.9 Å². The number of esters is 1. The van der Waals surface area contributed by atoms with Crippen molar-refractivity contribution in [1.29, 1.82) is 0 Å². The zero-order valence-electron chi connectivity index (χ0n) is 16.8. The number of amides is 1. The summed E-state index contributed by atoms with van der Waals surface area (Å²) in [4.78, 5) is 23.9. The van der Waals surface area contributed by atoms with Crippen LogP contribution in [0, 0.1) is 3.57 Å². The number of ether oxygens (including phenoxy) is 3. The highest BCUT2D eigenvalue weighted by atomic mass is 127. The van der Waals surface area contributed by atoms with Gasteiger partial charge in [0.1, 0.15) is 0 Å². The van der Waals surface area contributed by atoms with Crippen LogP contribution >= 0.6 is 34.8 Å².